The van der Waals surface area contributed by atoms with Gasteiger partial charge in [0.25, 0.3) is 0 Å². The number of rotatable bonds is 12. The van der Waals surface area contributed by atoms with E-state index in [1.807, 2.05) is 24.3 Å². The number of benzene rings is 3. The van der Waals surface area contributed by atoms with Crippen LogP contribution in [0.1, 0.15) is 61.8 Å². The molecule has 0 aliphatic carbocycles. The normalized spacial score (nSPS) is 11.4. The van der Waals surface area contributed by atoms with Gasteiger partial charge in [-0.05, 0) is 71.5 Å². The van der Waals surface area contributed by atoms with Gasteiger partial charge in [0, 0.05) is 8.95 Å². The summed E-state index contributed by atoms with van der Waals surface area (Å²) in [6.07, 6.45) is 12.9. The highest BCUT2D eigenvalue weighted by molar-refractivity contribution is 9.11. The molecule has 0 amide bonds. The average Bonchev–Trinajstić information content (AvgIpc) is 2.85. The number of hydrogen-bond acceptors (Lipinski definition) is 2. The van der Waals surface area contributed by atoms with Gasteiger partial charge in [0.05, 0.1) is 13.2 Å². The highest BCUT2D eigenvalue weighted by Gasteiger charge is 2.04. The highest BCUT2D eigenvalue weighted by Crippen LogP contribution is 2.29. The Balaban J connectivity index is 1.63. The lowest BCUT2D eigenvalue weighted by molar-refractivity contribution is 0.309. The summed E-state index contributed by atoms with van der Waals surface area (Å²) >= 11 is 7.45. The minimum atomic E-state index is 0.770. The zero-order valence-corrected chi connectivity index (χ0v) is 23.1. The zero-order chi connectivity index (χ0) is 24.2. The van der Waals surface area contributed by atoms with Crippen LogP contribution in [-0.2, 0) is 0 Å². The first-order valence-corrected chi connectivity index (χ1v) is 13.5. The Morgan fingerprint density at radius 3 is 1.32 bits per heavy atom. The summed E-state index contributed by atoms with van der Waals surface area (Å²) < 4.78 is 13.6. The quantitative estimate of drug-likeness (QED) is 0.156. The van der Waals surface area contributed by atoms with Gasteiger partial charge >= 0.3 is 0 Å². The molecule has 0 aromatic heterocycles. The van der Waals surface area contributed by atoms with Crippen LogP contribution < -0.4 is 9.47 Å². The second-order valence-electron chi connectivity index (χ2n) is 8.10. The Hall–Kier alpha value is -2.30. The highest BCUT2D eigenvalue weighted by atomic mass is 79.9. The van der Waals surface area contributed by atoms with Crippen molar-refractivity contribution in [1.82, 2.24) is 0 Å². The van der Waals surface area contributed by atoms with E-state index in [1.165, 1.54) is 0 Å². The fourth-order valence-electron chi connectivity index (χ4n) is 3.22. The third kappa shape index (κ3) is 8.48. The molecular weight excluding hydrogens is 552 g/mol. The van der Waals surface area contributed by atoms with Crippen LogP contribution >= 0.6 is 31.9 Å². The Morgan fingerprint density at radius 1 is 0.588 bits per heavy atom. The van der Waals surface area contributed by atoms with Crippen molar-refractivity contribution in [1.29, 1.82) is 0 Å². The Labute approximate surface area is 221 Å². The molecule has 0 heterocycles. The topological polar surface area (TPSA) is 18.5 Å². The maximum absolute atomic E-state index is 5.74. The number of halogens is 2. The minimum Gasteiger partial charge on any atom is -0.494 e. The van der Waals surface area contributed by atoms with Gasteiger partial charge in [-0.2, -0.15) is 0 Å². The van der Waals surface area contributed by atoms with E-state index in [0.29, 0.717) is 0 Å². The largest absolute Gasteiger partial charge is 0.494 e. The summed E-state index contributed by atoms with van der Waals surface area (Å²) in [6.45, 7) is 5.87. The first-order valence-electron chi connectivity index (χ1n) is 11.9. The number of ether oxygens (including phenoxy) is 2. The molecule has 0 saturated carbocycles. The maximum atomic E-state index is 5.74. The molecule has 3 aromatic carbocycles. The van der Waals surface area contributed by atoms with Crippen molar-refractivity contribution in [3.05, 3.63) is 91.9 Å². The first-order chi connectivity index (χ1) is 16.6. The summed E-state index contributed by atoms with van der Waals surface area (Å²) in [5.74, 6) is 1.84. The van der Waals surface area contributed by atoms with E-state index in [4.69, 9.17) is 9.47 Å². The third-order valence-corrected chi connectivity index (χ3v) is 6.69. The van der Waals surface area contributed by atoms with Crippen molar-refractivity contribution >= 4 is 56.2 Å². The van der Waals surface area contributed by atoms with Crippen LogP contribution in [0.15, 0.2) is 69.6 Å². The van der Waals surface area contributed by atoms with Crippen LogP contribution in [0, 0.1) is 0 Å². The van der Waals surface area contributed by atoms with Crippen LogP contribution in [0.4, 0.5) is 0 Å². The van der Waals surface area contributed by atoms with Crippen molar-refractivity contribution in [2.45, 2.75) is 39.5 Å². The van der Waals surface area contributed by atoms with E-state index < -0.39 is 0 Å². The molecule has 34 heavy (non-hydrogen) atoms. The van der Waals surface area contributed by atoms with Gasteiger partial charge in [-0.1, -0.05) is 107 Å². The van der Waals surface area contributed by atoms with Crippen molar-refractivity contribution in [3.8, 4) is 11.5 Å². The zero-order valence-electron chi connectivity index (χ0n) is 19.9. The molecule has 0 radical (unpaired) electrons. The summed E-state index contributed by atoms with van der Waals surface area (Å²) in [6, 6.07) is 20.7. The predicted molar refractivity (Wildman–Crippen MR) is 153 cm³/mol. The summed E-state index contributed by atoms with van der Waals surface area (Å²) in [4.78, 5) is 0. The van der Waals surface area contributed by atoms with E-state index in [-0.39, 0.29) is 0 Å². The van der Waals surface area contributed by atoms with Gasteiger partial charge in [-0.3, -0.25) is 0 Å². The molecule has 0 aliphatic rings. The van der Waals surface area contributed by atoms with E-state index in [0.717, 1.165) is 81.6 Å². The van der Waals surface area contributed by atoms with Crippen LogP contribution in [-0.4, -0.2) is 13.2 Å². The van der Waals surface area contributed by atoms with Gasteiger partial charge in [0.2, 0.25) is 0 Å². The summed E-state index contributed by atoms with van der Waals surface area (Å²) in [5, 5.41) is 0. The van der Waals surface area contributed by atoms with Crippen molar-refractivity contribution in [2.75, 3.05) is 13.2 Å². The fraction of sp³-hybridized carbons (Fsp3) is 0.267. The summed E-state index contributed by atoms with van der Waals surface area (Å²) in [5.41, 5.74) is 4.50. The molecular formula is C30H32Br2O2. The second-order valence-corrected chi connectivity index (χ2v) is 9.81. The van der Waals surface area contributed by atoms with E-state index in [9.17, 15) is 0 Å². The van der Waals surface area contributed by atoms with Crippen LogP contribution in [0.5, 0.6) is 11.5 Å². The maximum Gasteiger partial charge on any atom is 0.119 e. The van der Waals surface area contributed by atoms with Crippen molar-refractivity contribution in [3.63, 3.8) is 0 Å². The molecule has 0 atom stereocenters. The molecule has 2 nitrogen and oxygen atoms in total. The molecule has 3 aromatic rings. The van der Waals surface area contributed by atoms with Crippen LogP contribution in [0.25, 0.3) is 24.3 Å². The lowest BCUT2D eigenvalue weighted by Crippen LogP contribution is -1.95. The molecule has 0 fully saturated rings. The predicted octanol–water partition coefficient (Wildman–Crippen LogP) is 9.91. The third-order valence-electron chi connectivity index (χ3n) is 5.32. The van der Waals surface area contributed by atoms with E-state index in [2.05, 4.69) is 106 Å². The monoisotopic (exact) mass is 582 g/mol. The molecule has 0 N–H and O–H groups in total. The Kier molecular flexibility index (Phi) is 11.0. The molecule has 3 rings (SSSR count). The number of unbranched alkanes of at least 4 members (excludes halogenated alkanes) is 2. The molecule has 0 unspecified atom stereocenters. The van der Waals surface area contributed by atoms with Crippen molar-refractivity contribution < 1.29 is 9.47 Å². The van der Waals surface area contributed by atoms with Crippen LogP contribution in [0.3, 0.4) is 0 Å². The number of hydrogen-bond donors (Lipinski definition) is 0. The molecule has 178 valence electrons. The van der Waals surface area contributed by atoms with Gasteiger partial charge in [0.1, 0.15) is 11.5 Å². The van der Waals surface area contributed by atoms with Gasteiger partial charge in [0.15, 0.2) is 0 Å². The second kappa shape index (κ2) is 14.2. The SMILES string of the molecule is CCCCOc1ccc(C=Cc2cc(Br)c(C=Cc3ccc(OCCCC)cc3)cc2Br)cc1. The Morgan fingerprint density at radius 2 is 0.971 bits per heavy atom. The van der Waals surface area contributed by atoms with E-state index >= 15 is 0 Å². The smallest absolute Gasteiger partial charge is 0.119 e. The molecule has 0 spiro atoms. The van der Waals surface area contributed by atoms with Crippen molar-refractivity contribution in [2.24, 2.45) is 0 Å². The van der Waals surface area contributed by atoms with Gasteiger partial charge < -0.3 is 9.47 Å². The molecule has 0 bridgehead atoms. The summed E-state index contributed by atoms with van der Waals surface area (Å²) in [7, 11) is 0. The van der Waals surface area contributed by atoms with E-state index in [1.54, 1.807) is 0 Å². The first kappa shape index (κ1) is 26.3. The van der Waals surface area contributed by atoms with Gasteiger partial charge in [-0.25, -0.2) is 0 Å². The fourth-order valence-corrected chi connectivity index (χ4v) is 4.21. The molecule has 4 heteroatoms. The standard InChI is InChI=1S/C30H32Br2O2/c1-3-5-19-33-27-15-9-23(10-16-27)7-13-25-21-30(32)26(22-29(25)31)14-8-24-11-17-28(18-12-24)34-20-6-4-2/h7-18,21-22H,3-6,19-20H2,1-2H3. The lowest BCUT2D eigenvalue weighted by atomic mass is 10.1. The Bertz CT molecular complexity index is 995. The molecule has 0 aliphatic heterocycles. The molecule has 0 saturated heterocycles. The minimum absolute atomic E-state index is 0.770. The van der Waals surface area contributed by atoms with Crippen LogP contribution in [0.2, 0.25) is 0 Å². The van der Waals surface area contributed by atoms with Gasteiger partial charge in [-0.15, -0.1) is 0 Å². The average molecular weight is 584 g/mol. The lowest BCUT2D eigenvalue weighted by Gasteiger charge is -2.07.